The molecule has 1 unspecified atom stereocenters. The minimum atomic E-state index is -0.685. The van der Waals surface area contributed by atoms with E-state index in [1.54, 1.807) is 6.20 Å². The van der Waals surface area contributed by atoms with E-state index < -0.39 is 6.10 Å². The lowest BCUT2D eigenvalue weighted by Gasteiger charge is -2.15. The third-order valence-electron chi connectivity index (χ3n) is 3.39. The summed E-state index contributed by atoms with van der Waals surface area (Å²) in [6.45, 7) is 0.703. The lowest BCUT2D eigenvalue weighted by atomic mass is 10.0. The maximum Gasteiger partial charge on any atom is 0.125 e. The van der Waals surface area contributed by atoms with E-state index in [9.17, 15) is 5.11 Å². The molecular weight excluding hydrogens is 466 g/mol. The molecule has 110 valence electrons. The normalized spacial score (nSPS) is 14.7. The topological polar surface area (TPSA) is 42.4 Å². The molecule has 1 atom stereocenters. The van der Waals surface area contributed by atoms with Crippen molar-refractivity contribution in [2.45, 2.75) is 18.9 Å². The molecule has 2 heterocycles. The molecular formula is C15H12Br3NO2. The van der Waals surface area contributed by atoms with Crippen LogP contribution in [0.3, 0.4) is 0 Å². The maximum absolute atomic E-state index is 10.5. The summed E-state index contributed by atoms with van der Waals surface area (Å²) in [6, 6.07) is 5.96. The summed E-state index contributed by atoms with van der Waals surface area (Å²) in [5, 5.41) is 10.5. The van der Waals surface area contributed by atoms with Crippen molar-refractivity contribution in [2.75, 3.05) is 6.61 Å². The summed E-state index contributed by atoms with van der Waals surface area (Å²) in [5.74, 6) is 0.908. The van der Waals surface area contributed by atoms with Crippen molar-refractivity contribution < 1.29 is 9.84 Å². The number of nitrogens with zero attached hydrogens (tertiary/aromatic N) is 1. The zero-order valence-corrected chi connectivity index (χ0v) is 15.7. The van der Waals surface area contributed by atoms with Crippen LogP contribution in [-0.4, -0.2) is 16.7 Å². The van der Waals surface area contributed by atoms with Gasteiger partial charge in [-0.3, -0.25) is 4.98 Å². The number of pyridine rings is 1. The second kappa shape index (κ2) is 6.36. The fraction of sp³-hybridized carbons (Fsp3) is 0.267. The molecule has 21 heavy (non-hydrogen) atoms. The molecule has 1 N–H and O–H groups in total. The van der Waals surface area contributed by atoms with Crippen molar-refractivity contribution >= 4 is 47.8 Å². The number of aliphatic hydroxyl groups is 1. The van der Waals surface area contributed by atoms with Gasteiger partial charge in [0.1, 0.15) is 11.9 Å². The predicted octanol–water partition coefficient (Wildman–Crippen LogP) is 4.58. The van der Waals surface area contributed by atoms with Crippen molar-refractivity contribution in [1.29, 1.82) is 0 Å². The Labute approximate surface area is 148 Å². The van der Waals surface area contributed by atoms with Gasteiger partial charge in [-0.05, 0) is 61.2 Å². The van der Waals surface area contributed by atoms with Crippen LogP contribution in [0.25, 0.3) is 0 Å². The highest BCUT2D eigenvalue weighted by atomic mass is 79.9. The first kappa shape index (κ1) is 15.5. The third kappa shape index (κ3) is 3.33. The molecule has 2 aromatic rings. The van der Waals surface area contributed by atoms with Crippen LogP contribution in [-0.2, 0) is 12.8 Å². The summed E-state index contributed by atoms with van der Waals surface area (Å²) in [5.41, 5.74) is 2.82. The van der Waals surface area contributed by atoms with E-state index in [0.29, 0.717) is 18.7 Å². The van der Waals surface area contributed by atoms with E-state index in [1.165, 1.54) is 5.56 Å². The number of hydrogen-bond donors (Lipinski definition) is 1. The van der Waals surface area contributed by atoms with Gasteiger partial charge in [0, 0.05) is 32.5 Å². The molecule has 0 bridgehead atoms. The average Bonchev–Trinajstić information content (AvgIpc) is 2.86. The van der Waals surface area contributed by atoms with Gasteiger partial charge in [-0.1, -0.05) is 15.9 Å². The molecule has 3 nitrogen and oxygen atoms in total. The zero-order valence-electron chi connectivity index (χ0n) is 10.9. The van der Waals surface area contributed by atoms with Crippen LogP contribution < -0.4 is 4.74 Å². The minimum Gasteiger partial charge on any atom is -0.493 e. The van der Waals surface area contributed by atoms with Crippen molar-refractivity contribution in [3.05, 3.63) is 54.6 Å². The average molecular weight is 478 g/mol. The molecule has 0 aliphatic carbocycles. The molecule has 1 aromatic carbocycles. The second-order valence-electron chi connectivity index (χ2n) is 4.89. The highest BCUT2D eigenvalue weighted by Gasteiger charge is 2.21. The molecule has 0 radical (unpaired) electrons. The van der Waals surface area contributed by atoms with Crippen LogP contribution in [0.5, 0.6) is 5.75 Å². The first-order valence-corrected chi connectivity index (χ1v) is 8.85. The highest BCUT2D eigenvalue weighted by Crippen LogP contribution is 2.36. The van der Waals surface area contributed by atoms with Gasteiger partial charge >= 0.3 is 0 Å². The minimum absolute atomic E-state index is 0.467. The number of ether oxygens (including phenoxy) is 1. The Morgan fingerprint density at radius 3 is 2.76 bits per heavy atom. The summed E-state index contributed by atoms with van der Waals surface area (Å²) in [4.78, 5) is 4.29. The summed E-state index contributed by atoms with van der Waals surface area (Å²) in [7, 11) is 0. The monoisotopic (exact) mass is 475 g/mol. The van der Waals surface area contributed by atoms with E-state index in [1.807, 2.05) is 12.1 Å². The molecule has 0 saturated heterocycles. The molecule has 1 aliphatic heterocycles. The SMILES string of the molecule is OC(Cc1cc(Br)cc2c1OCC2)c1ncc(Br)cc1Br. The number of benzene rings is 1. The highest BCUT2D eigenvalue weighted by molar-refractivity contribution is 9.11. The molecule has 1 aromatic heterocycles. The van der Waals surface area contributed by atoms with Gasteiger partial charge in [0.2, 0.25) is 0 Å². The van der Waals surface area contributed by atoms with E-state index in [-0.39, 0.29) is 0 Å². The van der Waals surface area contributed by atoms with Gasteiger partial charge in [-0.2, -0.15) is 0 Å². The maximum atomic E-state index is 10.5. The van der Waals surface area contributed by atoms with Crippen molar-refractivity contribution in [3.63, 3.8) is 0 Å². The number of aromatic nitrogens is 1. The van der Waals surface area contributed by atoms with E-state index in [0.717, 1.165) is 31.2 Å². The number of fused-ring (bicyclic) bond motifs is 1. The lowest BCUT2D eigenvalue weighted by molar-refractivity contribution is 0.171. The second-order valence-corrected chi connectivity index (χ2v) is 7.58. The third-order valence-corrected chi connectivity index (χ3v) is 4.92. The van der Waals surface area contributed by atoms with Gasteiger partial charge in [0.15, 0.2) is 0 Å². The van der Waals surface area contributed by atoms with E-state index in [2.05, 4.69) is 58.8 Å². The van der Waals surface area contributed by atoms with Crippen molar-refractivity contribution in [1.82, 2.24) is 4.98 Å². The number of rotatable bonds is 3. The molecule has 0 saturated carbocycles. The first-order valence-electron chi connectivity index (χ1n) is 6.47. The van der Waals surface area contributed by atoms with Gasteiger partial charge in [0.25, 0.3) is 0 Å². The largest absolute Gasteiger partial charge is 0.493 e. The lowest BCUT2D eigenvalue weighted by Crippen LogP contribution is -2.06. The van der Waals surface area contributed by atoms with Gasteiger partial charge in [-0.15, -0.1) is 0 Å². The van der Waals surface area contributed by atoms with Crippen molar-refractivity contribution in [2.24, 2.45) is 0 Å². The van der Waals surface area contributed by atoms with Crippen molar-refractivity contribution in [3.8, 4) is 5.75 Å². The van der Waals surface area contributed by atoms with Gasteiger partial charge < -0.3 is 9.84 Å². The number of aliphatic hydroxyl groups excluding tert-OH is 1. The van der Waals surface area contributed by atoms with Gasteiger partial charge in [0.05, 0.1) is 12.3 Å². The van der Waals surface area contributed by atoms with Crippen LogP contribution in [0.15, 0.2) is 37.8 Å². The zero-order chi connectivity index (χ0) is 15.0. The van der Waals surface area contributed by atoms with E-state index in [4.69, 9.17) is 4.74 Å². The summed E-state index contributed by atoms with van der Waals surface area (Å²) >= 11 is 10.3. The van der Waals surface area contributed by atoms with Crippen LogP contribution in [0, 0.1) is 0 Å². The summed E-state index contributed by atoms with van der Waals surface area (Å²) in [6.07, 6.45) is 2.38. The molecule has 6 heteroatoms. The van der Waals surface area contributed by atoms with E-state index >= 15 is 0 Å². The Morgan fingerprint density at radius 2 is 2.00 bits per heavy atom. The summed E-state index contributed by atoms with van der Waals surface area (Å²) < 4.78 is 8.37. The fourth-order valence-corrected chi connectivity index (χ4v) is 4.28. The Hall–Kier alpha value is -0.430. The fourth-order valence-electron chi connectivity index (χ4n) is 2.47. The van der Waals surface area contributed by atoms with Crippen LogP contribution in [0.1, 0.15) is 22.9 Å². The quantitative estimate of drug-likeness (QED) is 0.703. The Morgan fingerprint density at radius 1 is 1.19 bits per heavy atom. The van der Waals surface area contributed by atoms with Crippen LogP contribution in [0.4, 0.5) is 0 Å². The Balaban J connectivity index is 1.90. The smallest absolute Gasteiger partial charge is 0.125 e. The molecule has 0 spiro atoms. The predicted molar refractivity (Wildman–Crippen MR) is 91.6 cm³/mol. The molecule has 1 aliphatic rings. The Kier molecular flexibility index (Phi) is 4.69. The first-order chi connectivity index (χ1) is 10.0. The van der Waals surface area contributed by atoms with Gasteiger partial charge in [-0.25, -0.2) is 0 Å². The molecule has 3 rings (SSSR count). The number of hydrogen-bond acceptors (Lipinski definition) is 3. The van der Waals surface area contributed by atoms with Crippen LogP contribution in [0.2, 0.25) is 0 Å². The van der Waals surface area contributed by atoms with Crippen LogP contribution >= 0.6 is 47.8 Å². The Bertz CT molecular complexity index is 691. The standard InChI is InChI=1S/C15H12Br3NO2/c16-10-3-8-1-2-21-15(8)9(4-10)5-13(20)14-12(18)6-11(17)7-19-14/h3-4,6-7,13,20H,1-2,5H2. The molecule has 0 amide bonds. The number of halogens is 3. The molecule has 0 fully saturated rings.